The van der Waals surface area contributed by atoms with E-state index in [2.05, 4.69) is 13.5 Å². The number of hydrogen-bond donors (Lipinski definition) is 0. The lowest BCUT2D eigenvalue weighted by Gasteiger charge is -2.03. The molecule has 0 aromatic carbocycles. The van der Waals surface area contributed by atoms with Gasteiger partial charge in [0.25, 0.3) is 0 Å². The standard InChI is InChI=1S/C17H32O2S2/c1-3-5-6-7-9-12-15-20-21-16-13-10-8-11-14-19-17(18)4-2/h4H,2-3,5-16H2,1H3. The van der Waals surface area contributed by atoms with Gasteiger partial charge in [0.2, 0.25) is 0 Å². The van der Waals surface area contributed by atoms with Crippen LogP contribution in [0.25, 0.3) is 0 Å². The monoisotopic (exact) mass is 332 g/mol. The second kappa shape index (κ2) is 18.0. The molecule has 0 rings (SSSR count). The number of rotatable bonds is 16. The molecular weight excluding hydrogens is 300 g/mol. The first-order valence-corrected chi connectivity index (χ1v) is 10.8. The van der Waals surface area contributed by atoms with Gasteiger partial charge in [0.15, 0.2) is 0 Å². The van der Waals surface area contributed by atoms with Crippen molar-refractivity contribution in [3.05, 3.63) is 12.7 Å². The van der Waals surface area contributed by atoms with Gasteiger partial charge >= 0.3 is 5.97 Å². The van der Waals surface area contributed by atoms with Crippen LogP contribution < -0.4 is 0 Å². The molecule has 0 saturated carbocycles. The van der Waals surface area contributed by atoms with Crippen molar-refractivity contribution in [2.75, 3.05) is 18.1 Å². The molecule has 0 atom stereocenters. The van der Waals surface area contributed by atoms with Crippen LogP contribution in [0.2, 0.25) is 0 Å². The van der Waals surface area contributed by atoms with Crippen LogP contribution in [0.4, 0.5) is 0 Å². The molecule has 0 amide bonds. The Kier molecular flexibility index (Phi) is 17.9. The van der Waals surface area contributed by atoms with Crippen molar-refractivity contribution in [3.8, 4) is 0 Å². The highest BCUT2D eigenvalue weighted by molar-refractivity contribution is 8.76. The quantitative estimate of drug-likeness (QED) is 0.149. The van der Waals surface area contributed by atoms with E-state index in [4.69, 9.17) is 4.74 Å². The third-order valence-electron chi connectivity index (χ3n) is 3.20. The van der Waals surface area contributed by atoms with Gasteiger partial charge in [0.1, 0.15) is 0 Å². The summed E-state index contributed by atoms with van der Waals surface area (Å²) in [5.41, 5.74) is 0. The molecule has 0 aliphatic rings. The average Bonchev–Trinajstić information content (AvgIpc) is 2.50. The molecule has 0 aliphatic heterocycles. The van der Waals surface area contributed by atoms with Crippen LogP contribution in [0.5, 0.6) is 0 Å². The number of esters is 1. The minimum atomic E-state index is -0.309. The fourth-order valence-corrected chi connectivity index (χ4v) is 4.20. The Labute approximate surface area is 139 Å². The highest BCUT2D eigenvalue weighted by atomic mass is 33.1. The molecule has 0 bridgehead atoms. The fourth-order valence-electron chi connectivity index (χ4n) is 1.91. The second-order valence-corrected chi connectivity index (χ2v) is 7.90. The van der Waals surface area contributed by atoms with E-state index >= 15 is 0 Å². The topological polar surface area (TPSA) is 26.3 Å². The van der Waals surface area contributed by atoms with Gasteiger partial charge in [-0.1, -0.05) is 80.0 Å². The molecule has 21 heavy (non-hydrogen) atoms. The number of unbranched alkanes of at least 4 members (excludes halogenated alkanes) is 8. The van der Waals surface area contributed by atoms with Gasteiger partial charge in [-0.2, -0.15) is 0 Å². The first-order chi connectivity index (χ1) is 10.3. The van der Waals surface area contributed by atoms with Gasteiger partial charge < -0.3 is 4.74 Å². The molecule has 0 aromatic rings. The van der Waals surface area contributed by atoms with Crippen LogP contribution in [0, 0.1) is 0 Å². The molecule has 0 saturated heterocycles. The van der Waals surface area contributed by atoms with E-state index < -0.39 is 0 Å². The molecule has 0 aliphatic carbocycles. The molecule has 0 aromatic heterocycles. The molecule has 0 fully saturated rings. The van der Waals surface area contributed by atoms with Crippen LogP contribution in [0.1, 0.15) is 71.1 Å². The summed E-state index contributed by atoms with van der Waals surface area (Å²) >= 11 is 0. The Morgan fingerprint density at radius 1 is 0.905 bits per heavy atom. The predicted octanol–water partition coefficient (Wildman–Crippen LogP) is 6.02. The van der Waals surface area contributed by atoms with Crippen molar-refractivity contribution in [1.29, 1.82) is 0 Å². The molecule has 124 valence electrons. The zero-order valence-corrected chi connectivity index (χ0v) is 15.2. The van der Waals surface area contributed by atoms with Gasteiger partial charge in [-0.3, -0.25) is 0 Å². The number of carbonyl (C=O) groups is 1. The van der Waals surface area contributed by atoms with E-state index in [0.717, 1.165) is 12.8 Å². The smallest absolute Gasteiger partial charge is 0.330 e. The fraction of sp³-hybridized carbons (Fsp3) is 0.824. The lowest BCUT2D eigenvalue weighted by molar-refractivity contribution is -0.137. The van der Waals surface area contributed by atoms with E-state index in [1.165, 1.54) is 68.9 Å². The summed E-state index contributed by atoms with van der Waals surface area (Å²) in [5, 5.41) is 0. The average molecular weight is 333 g/mol. The Balaban J connectivity index is 2.99. The van der Waals surface area contributed by atoms with Crippen LogP contribution in [-0.4, -0.2) is 24.1 Å². The number of hydrogen-bond acceptors (Lipinski definition) is 4. The van der Waals surface area contributed by atoms with Crippen molar-refractivity contribution >= 4 is 27.6 Å². The van der Waals surface area contributed by atoms with Crippen molar-refractivity contribution in [3.63, 3.8) is 0 Å². The SMILES string of the molecule is C=CC(=O)OCCCCCCSSCCCCCCCC. The maximum atomic E-state index is 10.8. The Hall–Kier alpha value is -0.0900. The molecular formula is C17H32O2S2. The Bertz CT molecular complexity index is 245. The minimum Gasteiger partial charge on any atom is -0.463 e. The van der Waals surface area contributed by atoms with Crippen molar-refractivity contribution in [2.24, 2.45) is 0 Å². The van der Waals surface area contributed by atoms with Gasteiger partial charge in [0.05, 0.1) is 6.61 Å². The highest BCUT2D eigenvalue weighted by Crippen LogP contribution is 2.24. The third-order valence-corrected chi connectivity index (χ3v) is 5.77. The third kappa shape index (κ3) is 17.9. The number of carbonyl (C=O) groups excluding carboxylic acids is 1. The van der Waals surface area contributed by atoms with E-state index in [1.807, 2.05) is 21.6 Å². The van der Waals surface area contributed by atoms with Gasteiger partial charge in [-0.05, 0) is 19.3 Å². The van der Waals surface area contributed by atoms with E-state index in [0.29, 0.717) is 6.61 Å². The summed E-state index contributed by atoms with van der Waals surface area (Å²) < 4.78 is 4.93. The van der Waals surface area contributed by atoms with E-state index in [9.17, 15) is 4.79 Å². The molecule has 4 heteroatoms. The van der Waals surface area contributed by atoms with Crippen LogP contribution in [0.3, 0.4) is 0 Å². The normalized spacial score (nSPS) is 10.5. The molecule has 2 nitrogen and oxygen atoms in total. The Morgan fingerprint density at radius 2 is 1.43 bits per heavy atom. The van der Waals surface area contributed by atoms with Gasteiger partial charge in [0, 0.05) is 17.6 Å². The van der Waals surface area contributed by atoms with Crippen LogP contribution in [0.15, 0.2) is 12.7 Å². The highest BCUT2D eigenvalue weighted by Gasteiger charge is 1.96. The molecule has 0 heterocycles. The molecule has 0 unspecified atom stereocenters. The Morgan fingerprint density at radius 3 is 2.00 bits per heavy atom. The molecule has 0 N–H and O–H groups in total. The zero-order valence-electron chi connectivity index (χ0n) is 13.6. The summed E-state index contributed by atoms with van der Waals surface area (Å²) in [6, 6.07) is 0. The minimum absolute atomic E-state index is 0.309. The van der Waals surface area contributed by atoms with Crippen molar-refractivity contribution < 1.29 is 9.53 Å². The first-order valence-electron chi connectivity index (χ1n) is 8.34. The van der Waals surface area contributed by atoms with E-state index in [1.54, 1.807) is 0 Å². The number of ether oxygens (including phenoxy) is 1. The van der Waals surface area contributed by atoms with Gasteiger partial charge in [-0.25, -0.2) is 4.79 Å². The second-order valence-electron chi connectivity index (χ2n) is 5.20. The largest absolute Gasteiger partial charge is 0.463 e. The zero-order chi connectivity index (χ0) is 15.6. The van der Waals surface area contributed by atoms with Crippen molar-refractivity contribution in [2.45, 2.75) is 71.1 Å². The maximum absolute atomic E-state index is 10.8. The van der Waals surface area contributed by atoms with E-state index in [-0.39, 0.29) is 5.97 Å². The predicted molar refractivity (Wildman–Crippen MR) is 97.9 cm³/mol. The first kappa shape index (κ1) is 20.9. The van der Waals surface area contributed by atoms with Crippen LogP contribution >= 0.6 is 21.6 Å². The molecule has 0 radical (unpaired) electrons. The summed E-state index contributed by atoms with van der Waals surface area (Å²) in [5.74, 6) is 2.23. The summed E-state index contributed by atoms with van der Waals surface area (Å²) in [4.78, 5) is 10.8. The lowest BCUT2D eigenvalue weighted by atomic mass is 10.1. The molecule has 0 spiro atoms. The van der Waals surface area contributed by atoms with Crippen molar-refractivity contribution in [1.82, 2.24) is 0 Å². The summed E-state index contributed by atoms with van der Waals surface area (Å²) in [6.45, 7) is 6.17. The maximum Gasteiger partial charge on any atom is 0.330 e. The van der Waals surface area contributed by atoms with Gasteiger partial charge in [-0.15, -0.1) is 0 Å². The summed E-state index contributed by atoms with van der Waals surface area (Å²) in [6.07, 6.45) is 14.2. The lowest BCUT2D eigenvalue weighted by Crippen LogP contribution is -2.01. The van der Waals surface area contributed by atoms with Crippen LogP contribution in [-0.2, 0) is 9.53 Å². The summed E-state index contributed by atoms with van der Waals surface area (Å²) in [7, 11) is 4.04.